The molecule has 0 saturated heterocycles. The zero-order valence-electron chi connectivity index (χ0n) is 23.2. The second kappa shape index (κ2) is 10.4. The van der Waals surface area contributed by atoms with Gasteiger partial charge < -0.3 is 15.4 Å². The van der Waals surface area contributed by atoms with Crippen LogP contribution < -0.4 is 15.4 Å². The third-order valence-electron chi connectivity index (χ3n) is 7.70. The summed E-state index contributed by atoms with van der Waals surface area (Å²) in [5.74, 6) is 1.39. The molecular formula is C32H33N5O2S. The van der Waals surface area contributed by atoms with Crippen LogP contribution in [0.3, 0.4) is 0 Å². The first-order chi connectivity index (χ1) is 19.5. The second-order valence-electron chi connectivity index (χ2n) is 10.1. The molecule has 204 valence electrons. The largest absolute Gasteiger partial charge is 0.456 e. The number of fused-ring (bicyclic) bond motifs is 6. The molecule has 4 aromatic rings. The molecule has 6 rings (SSSR count). The third kappa shape index (κ3) is 4.05. The number of hydrogen-bond acceptors (Lipinski definition) is 7. The maximum Gasteiger partial charge on any atom is 0.257 e. The number of benzene rings is 3. The van der Waals surface area contributed by atoms with Crippen LogP contribution in [0, 0.1) is 13.8 Å². The fourth-order valence-electron chi connectivity index (χ4n) is 5.95. The predicted octanol–water partition coefficient (Wildman–Crippen LogP) is 7.69. The number of nitrogens with zero attached hydrogens (tertiary/aromatic N) is 3. The zero-order chi connectivity index (χ0) is 27.9. The minimum Gasteiger partial charge on any atom is -0.456 e. The zero-order valence-corrected chi connectivity index (χ0v) is 24.1. The van der Waals surface area contributed by atoms with Gasteiger partial charge in [-0.1, -0.05) is 24.3 Å². The van der Waals surface area contributed by atoms with Crippen LogP contribution in [0.25, 0.3) is 0 Å². The Kier molecular flexibility index (Phi) is 6.80. The Morgan fingerprint density at radius 3 is 2.10 bits per heavy atom. The van der Waals surface area contributed by atoms with Gasteiger partial charge in [0, 0.05) is 58.2 Å². The lowest BCUT2D eigenvalue weighted by molar-refractivity contribution is 0.0668. The highest BCUT2D eigenvalue weighted by Gasteiger charge is 2.56. The molecule has 0 saturated carbocycles. The number of anilines is 2. The topological polar surface area (TPSA) is 78.3 Å². The fourth-order valence-corrected chi connectivity index (χ4v) is 6.57. The molecule has 0 aliphatic carbocycles. The van der Waals surface area contributed by atoms with Crippen molar-refractivity contribution >= 4 is 28.6 Å². The Hall–Kier alpha value is -4.17. The van der Waals surface area contributed by atoms with E-state index in [4.69, 9.17) is 4.74 Å². The lowest BCUT2D eigenvalue weighted by atomic mass is 9.74. The molecule has 0 radical (unpaired) electrons. The summed E-state index contributed by atoms with van der Waals surface area (Å²) in [6.07, 6.45) is 0. The SMILES string of the molecule is CCNc1cc2c(cc1C)C1(c3cc(C)c(NCC)cc3O2)c2ccccc2C(=O)N1CN=NCc1cccs1. The summed E-state index contributed by atoms with van der Waals surface area (Å²) in [5.41, 5.74) is 6.76. The Bertz CT molecular complexity index is 1550. The van der Waals surface area contributed by atoms with E-state index in [1.165, 1.54) is 0 Å². The van der Waals surface area contributed by atoms with Crippen LogP contribution in [-0.2, 0) is 12.1 Å². The summed E-state index contributed by atoms with van der Waals surface area (Å²) in [6.45, 7) is 10.6. The molecule has 0 bridgehead atoms. The molecule has 0 unspecified atom stereocenters. The van der Waals surface area contributed by atoms with Gasteiger partial charge in [0.05, 0.1) is 6.54 Å². The fraction of sp³-hybridized carbons (Fsp3) is 0.281. The van der Waals surface area contributed by atoms with Gasteiger partial charge in [0.2, 0.25) is 0 Å². The van der Waals surface area contributed by atoms with E-state index in [-0.39, 0.29) is 12.6 Å². The van der Waals surface area contributed by atoms with Gasteiger partial charge in [0.15, 0.2) is 0 Å². The van der Waals surface area contributed by atoms with Crippen molar-refractivity contribution < 1.29 is 9.53 Å². The van der Waals surface area contributed by atoms with Crippen molar-refractivity contribution in [2.45, 2.75) is 39.8 Å². The Labute approximate surface area is 238 Å². The number of carbonyl (C=O) groups is 1. The van der Waals surface area contributed by atoms with Gasteiger partial charge in [-0.15, -0.1) is 11.3 Å². The summed E-state index contributed by atoms with van der Waals surface area (Å²) < 4.78 is 6.65. The van der Waals surface area contributed by atoms with Gasteiger partial charge in [-0.05, 0) is 74.0 Å². The molecule has 1 spiro atoms. The summed E-state index contributed by atoms with van der Waals surface area (Å²) in [5, 5.41) is 18.0. The average Bonchev–Trinajstić information content (AvgIpc) is 3.55. The highest BCUT2D eigenvalue weighted by molar-refractivity contribution is 7.09. The predicted molar refractivity (Wildman–Crippen MR) is 161 cm³/mol. The van der Waals surface area contributed by atoms with Crippen molar-refractivity contribution in [1.82, 2.24) is 4.90 Å². The number of carbonyl (C=O) groups excluding carboxylic acids is 1. The van der Waals surface area contributed by atoms with E-state index < -0.39 is 5.54 Å². The van der Waals surface area contributed by atoms with Gasteiger partial charge >= 0.3 is 0 Å². The highest BCUT2D eigenvalue weighted by atomic mass is 32.1. The van der Waals surface area contributed by atoms with Gasteiger partial charge in [0.25, 0.3) is 5.91 Å². The monoisotopic (exact) mass is 551 g/mol. The van der Waals surface area contributed by atoms with Gasteiger partial charge in [-0.25, -0.2) is 0 Å². The highest BCUT2D eigenvalue weighted by Crippen LogP contribution is 2.58. The van der Waals surface area contributed by atoms with Gasteiger partial charge in [0.1, 0.15) is 23.7 Å². The van der Waals surface area contributed by atoms with Crippen LogP contribution in [0.5, 0.6) is 11.5 Å². The van der Waals surface area contributed by atoms with Crippen LogP contribution in [0.2, 0.25) is 0 Å². The Balaban J connectivity index is 1.59. The first-order valence-electron chi connectivity index (χ1n) is 13.7. The van der Waals surface area contributed by atoms with Crippen molar-refractivity contribution in [3.63, 3.8) is 0 Å². The number of hydrogen-bond donors (Lipinski definition) is 2. The van der Waals surface area contributed by atoms with Crippen molar-refractivity contribution in [3.05, 3.63) is 104 Å². The average molecular weight is 552 g/mol. The summed E-state index contributed by atoms with van der Waals surface area (Å²) in [7, 11) is 0. The lowest BCUT2D eigenvalue weighted by Crippen LogP contribution is -2.47. The first kappa shape index (κ1) is 26.1. The molecule has 3 aromatic carbocycles. The molecule has 1 aromatic heterocycles. The van der Waals surface area contributed by atoms with Crippen molar-refractivity contribution in [2.75, 3.05) is 30.4 Å². The Morgan fingerprint density at radius 1 is 0.850 bits per heavy atom. The normalized spacial score (nSPS) is 14.7. The molecule has 3 heterocycles. The van der Waals surface area contributed by atoms with E-state index in [0.717, 1.165) is 68.7 Å². The number of amides is 1. The number of azo groups is 1. The third-order valence-corrected chi connectivity index (χ3v) is 8.56. The van der Waals surface area contributed by atoms with Crippen LogP contribution >= 0.6 is 11.3 Å². The molecule has 0 fully saturated rings. The maximum absolute atomic E-state index is 14.2. The standard InChI is InChI=1S/C32H33N5O2S/c1-5-33-27-16-29-25(14-20(27)3)32(26-15-21(4)28(34-6-2)17-30(26)39-29)24-12-8-7-11-23(24)31(38)37(32)19-36-35-18-22-10-9-13-40-22/h7-17,33-34H,5-6,18-19H2,1-4H3. The number of nitrogens with one attached hydrogen (secondary N) is 2. The Morgan fingerprint density at radius 2 is 1.50 bits per heavy atom. The van der Waals surface area contributed by atoms with E-state index in [1.807, 2.05) is 40.6 Å². The molecule has 0 atom stereocenters. The molecular weight excluding hydrogens is 518 g/mol. The molecule has 8 heteroatoms. The molecule has 40 heavy (non-hydrogen) atoms. The molecule has 1 amide bonds. The quantitative estimate of drug-likeness (QED) is 0.220. The van der Waals surface area contributed by atoms with Crippen LogP contribution in [0.4, 0.5) is 11.4 Å². The molecule has 2 N–H and O–H groups in total. The number of thiophene rings is 1. The smallest absolute Gasteiger partial charge is 0.257 e. The van der Waals surface area contributed by atoms with E-state index in [1.54, 1.807) is 11.3 Å². The molecule has 2 aliphatic rings. The molecule has 7 nitrogen and oxygen atoms in total. The second-order valence-corrected chi connectivity index (χ2v) is 11.2. The van der Waals surface area contributed by atoms with Gasteiger partial charge in [-0.2, -0.15) is 10.2 Å². The van der Waals surface area contributed by atoms with E-state index in [2.05, 4.69) is 78.9 Å². The lowest BCUT2D eigenvalue weighted by Gasteiger charge is -2.44. The minimum atomic E-state index is -0.913. The maximum atomic E-state index is 14.2. The first-order valence-corrected chi connectivity index (χ1v) is 14.6. The van der Waals surface area contributed by atoms with Gasteiger partial charge in [-0.3, -0.25) is 9.69 Å². The van der Waals surface area contributed by atoms with Crippen molar-refractivity contribution in [1.29, 1.82) is 0 Å². The number of ether oxygens (including phenoxy) is 1. The van der Waals surface area contributed by atoms with E-state index in [9.17, 15) is 4.79 Å². The molecule has 2 aliphatic heterocycles. The van der Waals surface area contributed by atoms with Crippen molar-refractivity contribution in [3.8, 4) is 11.5 Å². The van der Waals surface area contributed by atoms with Crippen LogP contribution in [-0.4, -0.2) is 30.6 Å². The van der Waals surface area contributed by atoms with Crippen LogP contribution in [0.15, 0.2) is 76.3 Å². The van der Waals surface area contributed by atoms with Crippen molar-refractivity contribution in [2.24, 2.45) is 10.2 Å². The van der Waals surface area contributed by atoms with E-state index in [0.29, 0.717) is 12.1 Å². The summed E-state index contributed by atoms with van der Waals surface area (Å²) in [4.78, 5) is 17.2. The summed E-state index contributed by atoms with van der Waals surface area (Å²) >= 11 is 1.65. The number of aryl methyl sites for hydroxylation is 2. The van der Waals surface area contributed by atoms with E-state index >= 15 is 0 Å². The minimum absolute atomic E-state index is 0.0636. The number of rotatable bonds is 8. The summed E-state index contributed by atoms with van der Waals surface area (Å²) in [6, 6.07) is 20.4. The van der Waals surface area contributed by atoms with Crippen LogP contribution in [0.1, 0.15) is 56.9 Å².